The fraction of sp³-hybridized carbons (Fsp3) is 0.393. The van der Waals surface area contributed by atoms with Crippen LogP contribution in [0.15, 0.2) is 42.9 Å². The Balaban J connectivity index is 1.31. The van der Waals surface area contributed by atoms with Gasteiger partial charge in [0.1, 0.15) is 17.5 Å². The van der Waals surface area contributed by atoms with E-state index in [0.717, 1.165) is 64.9 Å². The second-order valence-electron chi connectivity index (χ2n) is 10.5. The van der Waals surface area contributed by atoms with Gasteiger partial charge in [-0.05, 0) is 56.7 Å². The predicted octanol–water partition coefficient (Wildman–Crippen LogP) is 4.72. The molecule has 2 aliphatic heterocycles. The highest BCUT2D eigenvalue weighted by molar-refractivity contribution is 5.96. The topological polar surface area (TPSA) is 103 Å². The van der Waals surface area contributed by atoms with Gasteiger partial charge >= 0.3 is 0 Å². The largest absolute Gasteiger partial charge is 0.491 e. The zero-order valence-electron chi connectivity index (χ0n) is 20.7. The maximum absolute atomic E-state index is 9.81. The average Bonchev–Trinajstić information content (AvgIpc) is 3.54. The van der Waals surface area contributed by atoms with E-state index in [-0.39, 0.29) is 5.41 Å². The molecule has 5 heterocycles. The number of pyridine rings is 1. The summed E-state index contributed by atoms with van der Waals surface area (Å²) in [7, 11) is 2.17. The molecule has 3 aromatic heterocycles. The molecule has 184 valence electrons. The highest BCUT2D eigenvalue weighted by atomic mass is 16.5. The number of H-pyrrole nitrogens is 2. The van der Waals surface area contributed by atoms with Gasteiger partial charge in [-0.25, -0.2) is 4.98 Å². The summed E-state index contributed by atoms with van der Waals surface area (Å²) in [5, 5.41) is 18.5. The molecule has 0 bridgehead atoms. The monoisotopic (exact) mass is 482 g/mol. The van der Waals surface area contributed by atoms with Gasteiger partial charge in [-0.2, -0.15) is 10.4 Å². The first-order valence-corrected chi connectivity index (χ1v) is 12.5. The van der Waals surface area contributed by atoms with Crippen molar-refractivity contribution in [1.82, 2.24) is 25.1 Å². The average molecular weight is 483 g/mol. The Hall–Kier alpha value is -3.67. The molecule has 0 amide bonds. The Morgan fingerprint density at radius 3 is 2.75 bits per heavy atom. The molecule has 0 spiro atoms. The first kappa shape index (κ1) is 22.8. The zero-order valence-corrected chi connectivity index (χ0v) is 20.7. The maximum atomic E-state index is 9.81. The quantitative estimate of drug-likeness (QED) is 0.412. The molecule has 8 heteroatoms. The number of hydrogen-bond donors (Lipinski definition) is 2. The molecule has 6 rings (SSSR count). The summed E-state index contributed by atoms with van der Waals surface area (Å²) >= 11 is 0. The molecule has 2 N–H and O–H groups in total. The van der Waals surface area contributed by atoms with Crippen LogP contribution in [0, 0.1) is 16.7 Å². The van der Waals surface area contributed by atoms with E-state index in [2.05, 4.69) is 46.2 Å². The van der Waals surface area contributed by atoms with E-state index in [4.69, 9.17) is 14.5 Å². The summed E-state index contributed by atoms with van der Waals surface area (Å²) in [5.41, 5.74) is 6.59. The summed E-state index contributed by atoms with van der Waals surface area (Å²) < 4.78 is 11.3. The number of nitrogens with one attached hydrogen (secondary N) is 2. The highest BCUT2D eigenvalue weighted by Gasteiger charge is 2.34. The van der Waals surface area contributed by atoms with Gasteiger partial charge in [0.2, 0.25) is 0 Å². The SMILES string of the molecule is CN1CCC(c2n[nH]cc2-c2cnc3[nH]cc(-c4ccc(OCC5(C)COC5)c(C#N)c4)c3c2)CC1. The number of benzene rings is 1. The molecule has 36 heavy (non-hydrogen) atoms. The summed E-state index contributed by atoms with van der Waals surface area (Å²) in [5.74, 6) is 1.05. The molecule has 0 radical (unpaired) electrons. The minimum atomic E-state index is 0.0177. The normalized spacial score (nSPS) is 18.1. The van der Waals surface area contributed by atoms with Crippen molar-refractivity contribution in [3.63, 3.8) is 0 Å². The summed E-state index contributed by atoms with van der Waals surface area (Å²) in [6.07, 6.45) is 8.07. The van der Waals surface area contributed by atoms with E-state index >= 15 is 0 Å². The molecule has 2 fully saturated rings. The van der Waals surface area contributed by atoms with Crippen LogP contribution in [0.5, 0.6) is 5.75 Å². The van der Waals surface area contributed by atoms with Crippen LogP contribution >= 0.6 is 0 Å². The second kappa shape index (κ2) is 9.08. The van der Waals surface area contributed by atoms with E-state index in [9.17, 15) is 5.26 Å². The van der Waals surface area contributed by atoms with Crippen LogP contribution in [-0.2, 0) is 4.74 Å². The van der Waals surface area contributed by atoms with Crippen LogP contribution in [0.4, 0.5) is 0 Å². The van der Waals surface area contributed by atoms with E-state index in [1.165, 1.54) is 0 Å². The number of likely N-dealkylation sites (tertiary alicyclic amines) is 1. The van der Waals surface area contributed by atoms with Crippen LogP contribution in [0.2, 0.25) is 0 Å². The smallest absolute Gasteiger partial charge is 0.137 e. The van der Waals surface area contributed by atoms with Crippen molar-refractivity contribution in [3.8, 4) is 34.1 Å². The molecular weight excluding hydrogens is 452 g/mol. The fourth-order valence-electron chi connectivity index (χ4n) is 5.21. The fourth-order valence-corrected chi connectivity index (χ4v) is 5.21. The Bertz CT molecular complexity index is 1440. The Morgan fingerprint density at radius 2 is 2.00 bits per heavy atom. The van der Waals surface area contributed by atoms with Gasteiger partial charge in [-0.1, -0.05) is 13.0 Å². The number of aromatic amines is 2. The molecule has 0 aliphatic carbocycles. The summed E-state index contributed by atoms with van der Waals surface area (Å²) in [6.45, 7) is 6.22. The molecular formula is C28H30N6O2. The van der Waals surface area contributed by atoms with E-state index in [1.807, 2.05) is 36.8 Å². The van der Waals surface area contributed by atoms with Crippen LogP contribution in [0.3, 0.4) is 0 Å². The molecule has 0 saturated carbocycles. The molecule has 1 aromatic carbocycles. The first-order chi connectivity index (χ1) is 17.5. The molecule has 2 saturated heterocycles. The third kappa shape index (κ3) is 4.15. The van der Waals surface area contributed by atoms with Crippen LogP contribution in [-0.4, -0.2) is 65.0 Å². The summed E-state index contributed by atoms with van der Waals surface area (Å²) in [6, 6.07) is 10.3. The maximum Gasteiger partial charge on any atom is 0.137 e. The van der Waals surface area contributed by atoms with Crippen molar-refractivity contribution in [2.45, 2.75) is 25.7 Å². The second-order valence-corrected chi connectivity index (χ2v) is 10.5. The zero-order chi connectivity index (χ0) is 24.7. The molecule has 4 aromatic rings. The lowest BCUT2D eigenvalue weighted by Crippen LogP contribution is -2.44. The minimum Gasteiger partial charge on any atom is -0.491 e. The molecule has 0 atom stereocenters. The molecule has 2 aliphatic rings. The number of ether oxygens (including phenoxy) is 2. The van der Waals surface area contributed by atoms with E-state index < -0.39 is 0 Å². The van der Waals surface area contributed by atoms with E-state index in [0.29, 0.717) is 37.1 Å². The summed E-state index contributed by atoms with van der Waals surface area (Å²) in [4.78, 5) is 10.4. The Labute approximate surface area is 210 Å². The van der Waals surface area contributed by atoms with Crippen molar-refractivity contribution >= 4 is 11.0 Å². The van der Waals surface area contributed by atoms with Crippen LogP contribution < -0.4 is 4.74 Å². The third-order valence-corrected chi connectivity index (χ3v) is 7.51. The van der Waals surface area contributed by atoms with Crippen molar-refractivity contribution in [2.75, 3.05) is 40.0 Å². The number of nitriles is 1. The Morgan fingerprint density at radius 1 is 1.17 bits per heavy atom. The van der Waals surface area contributed by atoms with Gasteiger partial charge in [-0.3, -0.25) is 5.10 Å². The standard InChI is InChI=1S/C28H30N6O2/c1-28(15-35-16-28)17-36-25-4-3-19(9-20(25)11-29)23-13-31-27-22(23)10-21(12-30-27)24-14-32-33-26(24)18-5-7-34(2)8-6-18/h3-4,9-10,12-14,18H,5-8,15-17H2,1-2H3,(H,30,31)(H,32,33). The lowest BCUT2D eigenvalue weighted by atomic mass is 9.90. The number of aromatic nitrogens is 4. The van der Waals surface area contributed by atoms with Crippen molar-refractivity contribution < 1.29 is 9.47 Å². The van der Waals surface area contributed by atoms with Gasteiger partial charge in [-0.15, -0.1) is 0 Å². The number of rotatable bonds is 6. The van der Waals surface area contributed by atoms with Crippen molar-refractivity contribution in [1.29, 1.82) is 5.26 Å². The lowest BCUT2D eigenvalue weighted by molar-refractivity contribution is -0.120. The van der Waals surface area contributed by atoms with Gasteiger partial charge in [0.25, 0.3) is 0 Å². The van der Waals surface area contributed by atoms with Crippen LogP contribution in [0.1, 0.15) is 36.9 Å². The number of nitrogens with zero attached hydrogens (tertiary/aromatic N) is 4. The Kier molecular flexibility index (Phi) is 5.75. The first-order valence-electron chi connectivity index (χ1n) is 12.5. The predicted molar refractivity (Wildman–Crippen MR) is 138 cm³/mol. The minimum absolute atomic E-state index is 0.0177. The lowest BCUT2D eigenvalue weighted by Gasteiger charge is -2.37. The molecule has 8 nitrogen and oxygen atoms in total. The molecule has 0 unspecified atom stereocenters. The highest BCUT2D eigenvalue weighted by Crippen LogP contribution is 2.37. The van der Waals surface area contributed by atoms with Crippen molar-refractivity contribution in [2.24, 2.45) is 5.41 Å². The van der Waals surface area contributed by atoms with Crippen LogP contribution in [0.25, 0.3) is 33.3 Å². The van der Waals surface area contributed by atoms with E-state index in [1.54, 1.807) is 0 Å². The van der Waals surface area contributed by atoms with Gasteiger partial charge < -0.3 is 19.4 Å². The van der Waals surface area contributed by atoms with Gasteiger partial charge in [0, 0.05) is 52.0 Å². The van der Waals surface area contributed by atoms with Gasteiger partial charge in [0.05, 0.1) is 31.1 Å². The van der Waals surface area contributed by atoms with Crippen molar-refractivity contribution in [3.05, 3.63) is 54.1 Å². The number of fused-ring (bicyclic) bond motifs is 1. The number of hydrogen-bond acceptors (Lipinski definition) is 6. The van der Waals surface area contributed by atoms with Gasteiger partial charge in [0.15, 0.2) is 0 Å². The number of piperidine rings is 1. The third-order valence-electron chi connectivity index (χ3n) is 7.51.